The molecule has 0 bridgehead atoms. The van der Waals surface area contributed by atoms with Gasteiger partial charge in [0, 0.05) is 19.6 Å². The van der Waals surface area contributed by atoms with E-state index in [1.54, 1.807) is 0 Å². The molecule has 174 valence electrons. The number of carbonyl (C=O) groups excluding carboxylic acids is 2. The number of fused-ring (bicyclic) bond motifs is 3. The number of alkyl carbamates (subject to hydrolysis) is 1. The third kappa shape index (κ3) is 4.57. The summed E-state index contributed by atoms with van der Waals surface area (Å²) < 4.78 is 10.6. The molecular formula is C25H28N2O6. The van der Waals surface area contributed by atoms with Gasteiger partial charge in [-0.1, -0.05) is 55.0 Å². The molecule has 2 aromatic carbocycles. The standard InChI is InChI=1S/C25H28N2O6/c1-32-14-21(22(28)26-15-25(23(29)30)11-6-12-25)27-24(31)33-13-20-18-9-4-2-7-16(18)17-8-3-5-10-19(17)20/h2-5,7-10,20-21H,6,11-15H2,1H3,(H,26,28)(H,27,31)(H,29,30)/t21-/m0/s1. The van der Waals surface area contributed by atoms with Crippen LogP contribution >= 0.6 is 0 Å². The van der Waals surface area contributed by atoms with Gasteiger partial charge in [-0.3, -0.25) is 9.59 Å². The molecule has 0 spiro atoms. The predicted molar refractivity (Wildman–Crippen MR) is 121 cm³/mol. The van der Waals surface area contributed by atoms with Gasteiger partial charge in [0.05, 0.1) is 12.0 Å². The van der Waals surface area contributed by atoms with Crippen LogP contribution < -0.4 is 10.6 Å². The molecule has 1 saturated carbocycles. The number of nitrogens with one attached hydrogen (secondary N) is 2. The maximum absolute atomic E-state index is 12.6. The second-order valence-corrected chi connectivity index (χ2v) is 8.63. The molecule has 8 nitrogen and oxygen atoms in total. The largest absolute Gasteiger partial charge is 0.481 e. The summed E-state index contributed by atoms with van der Waals surface area (Å²) in [5, 5.41) is 14.6. The van der Waals surface area contributed by atoms with Gasteiger partial charge in [-0.25, -0.2) is 4.79 Å². The van der Waals surface area contributed by atoms with E-state index in [0.29, 0.717) is 12.8 Å². The molecule has 2 aliphatic rings. The van der Waals surface area contributed by atoms with Crippen molar-refractivity contribution in [3.63, 3.8) is 0 Å². The molecule has 0 saturated heterocycles. The summed E-state index contributed by atoms with van der Waals surface area (Å²) in [6.07, 6.45) is 1.14. The molecule has 2 amide bonds. The number of methoxy groups -OCH3 is 1. The van der Waals surface area contributed by atoms with Gasteiger partial charge in [-0.2, -0.15) is 0 Å². The van der Waals surface area contributed by atoms with Crippen LogP contribution in [-0.4, -0.2) is 56.0 Å². The molecule has 0 aromatic heterocycles. The molecular weight excluding hydrogens is 424 g/mol. The van der Waals surface area contributed by atoms with E-state index < -0.39 is 29.4 Å². The smallest absolute Gasteiger partial charge is 0.407 e. The number of hydrogen-bond acceptors (Lipinski definition) is 5. The van der Waals surface area contributed by atoms with Crippen LogP contribution in [0.4, 0.5) is 4.79 Å². The molecule has 0 radical (unpaired) electrons. The van der Waals surface area contributed by atoms with E-state index in [1.165, 1.54) is 7.11 Å². The molecule has 2 aliphatic carbocycles. The fourth-order valence-corrected chi connectivity index (χ4v) is 4.58. The highest BCUT2D eigenvalue weighted by Crippen LogP contribution is 2.44. The fraction of sp³-hybridized carbons (Fsp3) is 0.400. The number of carboxylic acids is 1. The fourth-order valence-electron chi connectivity index (χ4n) is 4.58. The Labute approximate surface area is 192 Å². The summed E-state index contributed by atoms with van der Waals surface area (Å²) >= 11 is 0. The third-order valence-corrected chi connectivity index (χ3v) is 6.65. The lowest BCUT2D eigenvalue weighted by Crippen LogP contribution is -2.54. The molecule has 8 heteroatoms. The van der Waals surface area contributed by atoms with E-state index in [2.05, 4.69) is 22.8 Å². The number of carbonyl (C=O) groups is 3. The van der Waals surface area contributed by atoms with Crippen molar-refractivity contribution in [1.82, 2.24) is 10.6 Å². The molecule has 0 aliphatic heterocycles. The van der Waals surface area contributed by atoms with E-state index in [1.807, 2.05) is 36.4 Å². The first-order valence-electron chi connectivity index (χ1n) is 11.1. The quantitative estimate of drug-likeness (QED) is 0.539. The average molecular weight is 453 g/mol. The number of aliphatic carboxylic acids is 1. The van der Waals surface area contributed by atoms with E-state index in [-0.39, 0.29) is 25.7 Å². The maximum Gasteiger partial charge on any atom is 0.407 e. The summed E-state index contributed by atoms with van der Waals surface area (Å²) in [6.45, 7) is 0.0904. The first kappa shape index (κ1) is 22.8. The molecule has 0 unspecified atom stereocenters. The van der Waals surface area contributed by atoms with Crippen LogP contribution in [0.15, 0.2) is 48.5 Å². The van der Waals surface area contributed by atoms with Crippen LogP contribution in [0, 0.1) is 5.41 Å². The Bertz CT molecular complexity index is 1000. The lowest BCUT2D eigenvalue weighted by Gasteiger charge is -2.37. The van der Waals surface area contributed by atoms with Crippen LogP contribution in [-0.2, 0) is 19.1 Å². The number of carboxylic acid groups (broad SMARTS) is 1. The van der Waals surface area contributed by atoms with Gasteiger partial charge in [0.25, 0.3) is 0 Å². The first-order chi connectivity index (χ1) is 15.9. The Hall–Kier alpha value is -3.39. The molecule has 1 atom stereocenters. The zero-order chi connectivity index (χ0) is 23.4. The molecule has 1 fully saturated rings. The Balaban J connectivity index is 1.36. The predicted octanol–water partition coefficient (Wildman–Crippen LogP) is 2.91. The van der Waals surface area contributed by atoms with Crippen molar-refractivity contribution in [2.45, 2.75) is 31.2 Å². The van der Waals surface area contributed by atoms with Crippen molar-refractivity contribution in [1.29, 1.82) is 0 Å². The topological polar surface area (TPSA) is 114 Å². The zero-order valence-electron chi connectivity index (χ0n) is 18.5. The summed E-state index contributed by atoms with van der Waals surface area (Å²) in [6, 6.07) is 15.1. The Kier molecular flexibility index (Phi) is 6.65. The van der Waals surface area contributed by atoms with Gasteiger partial charge >= 0.3 is 12.1 Å². The van der Waals surface area contributed by atoms with E-state index in [0.717, 1.165) is 28.7 Å². The molecule has 3 N–H and O–H groups in total. The second kappa shape index (κ2) is 9.62. The molecule has 0 heterocycles. The van der Waals surface area contributed by atoms with Crippen LogP contribution in [0.1, 0.15) is 36.3 Å². The van der Waals surface area contributed by atoms with Crippen molar-refractivity contribution in [3.8, 4) is 11.1 Å². The van der Waals surface area contributed by atoms with Gasteiger partial charge in [0.2, 0.25) is 5.91 Å². The van der Waals surface area contributed by atoms with Crippen LogP contribution in [0.5, 0.6) is 0 Å². The second-order valence-electron chi connectivity index (χ2n) is 8.63. The van der Waals surface area contributed by atoms with Crippen LogP contribution in [0.3, 0.4) is 0 Å². The molecule has 4 rings (SSSR count). The summed E-state index contributed by atoms with van der Waals surface area (Å²) in [5.74, 6) is -1.51. The van der Waals surface area contributed by atoms with E-state index in [9.17, 15) is 19.5 Å². The number of benzene rings is 2. The highest BCUT2D eigenvalue weighted by molar-refractivity contribution is 5.86. The van der Waals surface area contributed by atoms with E-state index in [4.69, 9.17) is 9.47 Å². The van der Waals surface area contributed by atoms with Crippen LogP contribution in [0.25, 0.3) is 11.1 Å². The maximum atomic E-state index is 12.6. The van der Waals surface area contributed by atoms with Gasteiger partial charge in [-0.15, -0.1) is 0 Å². The minimum atomic E-state index is -0.989. The summed E-state index contributed by atoms with van der Waals surface area (Å²) in [5.41, 5.74) is 3.52. The van der Waals surface area contributed by atoms with Crippen LogP contribution in [0.2, 0.25) is 0 Å². The SMILES string of the molecule is COC[C@H](NC(=O)OCC1c2ccccc2-c2ccccc21)C(=O)NCC1(C(=O)O)CCC1. The summed E-state index contributed by atoms with van der Waals surface area (Å²) in [7, 11) is 1.42. The highest BCUT2D eigenvalue weighted by Gasteiger charge is 2.44. The Morgan fingerprint density at radius 1 is 1.06 bits per heavy atom. The van der Waals surface area contributed by atoms with Gasteiger partial charge in [-0.05, 0) is 35.1 Å². The number of rotatable bonds is 9. The number of amides is 2. The van der Waals surface area contributed by atoms with Crippen molar-refractivity contribution < 1.29 is 29.0 Å². The minimum Gasteiger partial charge on any atom is -0.481 e. The Morgan fingerprint density at radius 3 is 2.18 bits per heavy atom. The number of ether oxygens (including phenoxy) is 2. The van der Waals surface area contributed by atoms with Crippen molar-refractivity contribution in [2.75, 3.05) is 26.9 Å². The van der Waals surface area contributed by atoms with Gasteiger partial charge < -0.3 is 25.2 Å². The number of hydrogen-bond donors (Lipinski definition) is 3. The molecule has 33 heavy (non-hydrogen) atoms. The third-order valence-electron chi connectivity index (χ3n) is 6.65. The normalized spacial score (nSPS) is 16.6. The minimum absolute atomic E-state index is 0.0216. The van der Waals surface area contributed by atoms with Crippen molar-refractivity contribution in [3.05, 3.63) is 59.7 Å². The zero-order valence-corrected chi connectivity index (χ0v) is 18.5. The highest BCUT2D eigenvalue weighted by atomic mass is 16.5. The monoisotopic (exact) mass is 452 g/mol. The summed E-state index contributed by atoms with van der Waals surface area (Å²) in [4.78, 5) is 36.6. The van der Waals surface area contributed by atoms with Gasteiger partial charge in [0.15, 0.2) is 0 Å². The van der Waals surface area contributed by atoms with E-state index >= 15 is 0 Å². The first-order valence-corrected chi connectivity index (χ1v) is 11.1. The van der Waals surface area contributed by atoms with Crippen molar-refractivity contribution >= 4 is 18.0 Å². The average Bonchev–Trinajstić information content (AvgIpc) is 3.10. The lowest BCUT2D eigenvalue weighted by atomic mass is 9.69. The van der Waals surface area contributed by atoms with Gasteiger partial charge in [0.1, 0.15) is 12.6 Å². The lowest BCUT2D eigenvalue weighted by molar-refractivity contribution is -0.154. The Morgan fingerprint density at radius 2 is 1.67 bits per heavy atom. The molecule has 2 aromatic rings. The van der Waals surface area contributed by atoms with Crippen molar-refractivity contribution in [2.24, 2.45) is 5.41 Å².